The molecule has 1 heterocycles. The summed E-state index contributed by atoms with van der Waals surface area (Å²) in [5.74, 6) is -0.279. The van der Waals surface area contributed by atoms with Crippen LogP contribution < -0.4 is 0 Å². The van der Waals surface area contributed by atoms with Crippen molar-refractivity contribution in [2.24, 2.45) is 15.2 Å². The highest BCUT2D eigenvalue weighted by molar-refractivity contribution is 5.88. The van der Waals surface area contributed by atoms with Gasteiger partial charge in [-0.05, 0) is 32.0 Å². The molecule has 1 unspecified atom stereocenters. The van der Waals surface area contributed by atoms with Crippen LogP contribution in [-0.2, 0) is 10.9 Å². The van der Waals surface area contributed by atoms with Crippen molar-refractivity contribution in [2.75, 3.05) is 6.61 Å². The molecule has 2 rings (SSSR count). The predicted octanol–water partition coefficient (Wildman–Crippen LogP) is 5.19. The Morgan fingerprint density at radius 3 is 2.48 bits per heavy atom. The molecule has 0 N–H and O–H groups in total. The van der Waals surface area contributed by atoms with E-state index in [2.05, 4.69) is 15.2 Å². The molecule has 1 aliphatic rings. The molecule has 2 atom stereocenters. The number of hydrogen-bond acceptors (Lipinski definition) is 5. The van der Waals surface area contributed by atoms with Gasteiger partial charge in [0.2, 0.25) is 5.90 Å². The lowest BCUT2D eigenvalue weighted by atomic mass is 9.95. The maximum atomic E-state index is 13.1. The maximum Gasteiger partial charge on any atom is 0.417 e. The molecule has 0 amide bonds. The van der Waals surface area contributed by atoms with Gasteiger partial charge in [0, 0.05) is 6.42 Å². The van der Waals surface area contributed by atoms with Crippen molar-refractivity contribution in [1.29, 1.82) is 5.26 Å². The van der Waals surface area contributed by atoms with Gasteiger partial charge in [-0.3, -0.25) is 0 Å². The van der Waals surface area contributed by atoms with E-state index in [0.29, 0.717) is 6.07 Å². The van der Waals surface area contributed by atoms with Gasteiger partial charge in [-0.15, -0.1) is 0 Å². The van der Waals surface area contributed by atoms with E-state index in [1.54, 1.807) is 6.92 Å². The van der Waals surface area contributed by atoms with E-state index in [-0.39, 0.29) is 18.2 Å². The first kappa shape index (κ1) is 20.7. The largest absolute Gasteiger partial charge is 0.479 e. The van der Waals surface area contributed by atoms with E-state index in [9.17, 15) is 26.3 Å². The molecule has 0 radical (unpaired) electrons. The van der Waals surface area contributed by atoms with Gasteiger partial charge in [0.25, 0.3) is 0 Å². The summed E-state index contributed by atoms with van der Waals surface area (Å²) in [5, 5.41) is 15.6. The number of aliphatic imine (C=N–C) groups is 1. The molecule has 1 aliphatic heterocycles. The van der Waals surface area contributed by atoms with Gasteiger partial charge in [-0.2, -0.15) is 41.8 Å². The van der Waals surface area contributed by atoms with Crippen LogP contribution in [-0.4, -0.2) is 30.3 Å². The molecule has 0 saturated carbocycles. The van der Waals surface area contributed by atoms with Gasteiger partial charge < -0.3 is 4.74 Å². The monoisotopic (exact) mass is 392 g/mol. The van der Waals surface area contributed by atoms with Crippen LogP contribution >= 0.6 is 0 Å². The normalized spacial score (nSPS) is 23.4. The zero-order chi connectivity index (χ0) is 20.5. The van der Waals surface area contributed by atoms with Gasteiger partial charge in [0.15, 0.2) is 11.6 Å². The lowest BCUT2D eigenvalue weighted by Crippen LogP contribution is -2.37. The number of alkyl halides is 6. The Balaban J connectivity index is 2.45. The van der Waals surface area contributed by atoms with Crippen LogP contribution in [0.2, 0.25) is 0 Å². The van der Waals surface area contributed by atoms with E-state index in [1.807, 2.05) is 0 Å². The molecular formula is C16H14F6N4O. The number of rotatable bonds is 3. The van der Waals surface area contributed by atoms with Crippen molar-refractivity contribution in [3.05, 3.63) is 29.3 Å². The third kappa shape index (κ3) is 4.56. The van der Waals surface area contributed by atoms with Crippen molar-refractivity contribution >= 4 is 11.6 Å². The van der Waals surface area contributed by atoms with Crippen molar-refractivity contribution in [3.8, 4) is 6.07 Å². The van der Waals surface area contributed by atoms with Gasteiger partial charge in [-0.1, -0.05) is 0 Å². The first-order chi connectivity index (χ1) is 12.4. The lowest BCUT2D eigenvalue weighted by molar-refractivity contribution is -0.147. The third-order valence-electron chi connectivity index (χ3n) is 3.79. The second-order valence-corrected chi connectivity index (χ2v) is 5.94. The Morgan fingerprint density at radius 2 is 2.00 bits per heavy atom. The number of azo groups is 1. The molecule has 1 aromatic carbocycles. The van der Waals surface area contributed by atoms with Crippen LogP contribution in [0.1, 0.15) is 31.4 Å². The van der Waals surface area contributed by atoms with Crippen LogP contribution in [0.15, 0.2) is 33.4 Å². The number of hydrogen-bond donors (Lipinski definition) is 0. The van der Waals surface area contributed by atoms with E-state index in [4.69, 9.17) is 10.00 Å². The Bertz CT molecular complexity index is 809. The quantitative estimate of drug-likeness (QED) is 0.404. The summed E-state index contributed by atoms with van der Waals surface area (Å²) in [5.41, 5.74) is -3.59. The summed E-state index contributed by atoms with van der Waals surface area (Å²) >= 11 is 0. The highest BCUT2D eigenvalue weighted by Gasteiger charge is 2.51. The molecule has 1 aromatic rings. The smallest absolute Gasteiger partial charge is 0.417 e. The first-order valence-corrected chi connectivity index (χ1v) is 7.72. The minimum absolute atomic E-state index is 0.0169. The van der Waals surface area contributed by atoms with E-state index in [1.165, 1.54) is 13.0 Å². The second-order valence-electron chi connectivity index (χ2n) is 5.94. The van der Waals surface area contributed by atoms with Crippen LogP contribution in [0.4, 0.5) is 32.0 Å². The average Bonchev–Trinajstić information content (AvgIpc) is 2.97. The molecule has 0 aliphatic carbocycles. The Morgan fingerprint density at radius 1 is 1.33 bits per heavy atom. The Labute approximate surface area is 150 Å². The summed E-state index contributed by atoms with van der Waals surface area (Å²) in [6, 6.07) is 2.10. The molecule has 146 valence electrons. The SMILES string of the molecule is CCOC(=Nc1ccc(C#N)c(C(F)(F)F)c1)[C@]1(C)CC(C(F)(F)F)N=N1. The molecule has 11 heteroatoms. The topological polar surface area (TPSA) is 70.1 Å². The number of ether oxygens (including phenoxy) is 1. The fraction of sp³-hybridized carbons (Fsp3) is 0.500. The molecule has 0 saturated heterocycles. The zero-order valence-corrected chi connectivity index (χ0v) is 14.2. The fourth-order valence-electron chi connectivity index (χ4n) is 2.46. The van der Waals surface area contributed by atoms with Gasteiger partial charge in [0.05, 0.1) is 29.5 Å². The van der Waals surface area contributed by atoms with Gasteiger partial charge in [0.1, 0.15) is 0 Å². The predicted molar refractivity (Wildman–Crippen MR) is 82.6 cm³/mol. The Kier molecular flexibility index (Phi) is 5.49. The highest BCUT2D eigenvalue weighted by Crippen LogP contribution is 2.39. The second kappa shape index (κ2) is 7.17. The number of benzene rings is 1. The van der Waals surface area contributed by atoms with E-state index in [0.717, 1.165) is 12.1 Å². The average molecular weight is 392 g/mol. The van der Waals surface area contributed by atoms with Crippen molar-refractivity contribution < 1.29 is 31.1 Å². The number of nitrogens with zero attached hydrogens (tertiary/aromatic N) is 4. The standard InChI is InChI=1S/C16H14F6N4O/c1-3-27-13(14(2)7-12(25-26-14)16(20,21)22)24-10-5-4-9(8-23)11(6-10)15(17,18)19/h4-6,12H,3,7H2,1-2H3/t12?,14-/m0/s1. The molecule has 0 aromatic heterocycles. The third-order valence-corrected chi connectivity index (χ3v) is 3.79. The fourth-order valence-corrected chi connectivity index (χ4v) is 2.46. The Hall–Kier alpha value is -2.64. The van der Waals surface area contributed by atoms with E-state index >= 15 is 0 Å². The molecule has 5 nitrogen and oxygen atoms in total. The molecule has 0 bridgehead atoms. The van der Waals surface area contributed by atoms with Crippen molar-refractivity contribution in [3.63, 3.8) is 0 Å². The minimum atomic E-state index is -4.79. The van der Waals surface area contributed by atoms with Gasteiger partial charge >= 0.3 is 12.4 Å². The molecule has 27 heavy (non-hydrogen) atoms. The summed E-state index contributed by atoms with van der Waals surface area (Å²) in [6.07, 6.45) is -9.96. The summed E-state index contributed by atoms with van der Waals surface area (Å²) in [4.78, 5) is 3.93. The molecule has 0 spiro atoms. The van der Waals surface area contributed by atoms with Crippen LogP contribution in [0.5, 0.6) is 0 Å². The number of halogens is 6. The molecular weight excluding hydrogens is 378 g/mol. The van der Waals surface area contributed by atoms with Crippen molar-refractivity contribution in [2.45, 2.75) is 44.2 Å². The summed E-state index contributed by atoms with van der Waals surface area (Å²) in [7, 11) is 0. The van der Waals surface area contributed by atoms with Crippen LogP contribution in [0, 0.1) is 11.3 Å². The zero-order valence-electron chi connectivity index (χ0n) is 14.2. The molecule has 0 fully saturated rings. The maximum absolute atomic E-state index is 13.1. The lowest BCUT2D eigenvalue weighted by Gasteiger charge is -2.22. The first-order valence-electron chi connectivity index (χ1n) is 7.72. The summed E-state index contributed by atoms with van der Waals surface area (Å²) in [6.45, 7) is 2.88. The van der Waals surface area contributed by atoms with Crippen LogP contribution in [0.3, 0.4) is 0 Å². The van der Waals surface area contributed by atoms with Crippen molar-refractivity contribution in [1.82, 2.24) is 0 Å². The van der Waals surface area contributed by atoms with Gasteiger partial charge in [-0.25, -0.2) is 4.99 Å². The summed E-state index contributed by atoms with van der Waals surface area (Å²) < 4.78 is 83.0. The minimum Gasteiger partial charge on any atom is -0.479 e. The highest BCUT2D eigenvalue weighted by atomic mass is 19.4. The van der Waals surface area contributed by atoms with Crippen LogP contribution in [0.25, 0.3) is 0 Å². The number of nitriles is 1. The van der Waals surface area contributed by atoms with E-state index < -0.39 is 41.5 Å².